The Kier molecular flexibility index (Phi) is 5.97. The molecule has 0 aliphatic heterocycles. The second-order valence-corrected chi connectivity index (χ2v) is 7.46. The summed E-state index contributed by atoms with van der Waals surface area (Å²) in [5, 5.41) is 3.75. The van der Waals surface area contributed by atoms with Gasteiger partial charge in [-0.1, -0.05) is 37.5 Å². The van der Waals surface area contributed by atoms with Gasteiger partial charge in [0.15, 0.2) is 0 Å². The van der Waals surface area contributed by atoms with Gasteiger partial charge in [0.05, 0.1) is 0 Å². The molecule has 3 rings (SSSR count). The average molecular weight is 352 g/mol. The van der Waals surface area contributed by atoms with Gasteiger partial charge in [0.1, 0.15) is 5.83 Å². The number of halogens is 1. The molecule has 26 heavy (non-hydrogen) atoms. The molecule has 2 aromatic rings. The zero-order valence-corrected chi connectivity index (χ0v) is 15.9. The lowest BCUT2D eigenvalue weighted by Crippen LogP contribution is -2.22. The zero-order valence-electron chi connectivity index (χ0n) is 15.9. The predicted molar refractivity (Wildman–Crippen MR) is 109 cm³/mol. The fourth-order valence-corrected chi connectivity index (χ4v) is 3.80. The van der Waals surface area contributed by atoms with Crippen LogP contribution in [0.3, 0.4) is 0 Å². The monoisotopic (exact) mass is 352 g/mol. The van der Waals surface area contributed by atoms with Crippen LogP contribution in [0.1, 0.15) is 50.3 Å². The van der Waals surface area contributed by atoms with Crippen LogP contribution in [0.15, 0.2) is 60.6 Å². The summed E-state index contributed by atoms with van der Waals surface area (Å²) >= 11 is 0. The number of benzene rings is 1. The number of hydrogen-bond donors (Lipinski definition) is 1. The lowest BCUT2D eigenvalue weighted by molar-refractivity contribution is 0.462. The maximum atomic E-state index is 13.0. The third kappa shape index (κ3) is 4.66. The Labute approximate surface area is 156 Å². The molecule has 3 heteroatoms. The minimum absolute atomic E-state index is 0.394. The van der Waals surface area contributed by atoms with Crippen molar-refractivity contribution in [3.8, 4) is 5.69 Å². The molecule has 1 aromatic heterocycles. The van der Waals surface area contributed by atoms with Crippen molar-refractivity contribution in [1.82, 2.24) is 4.57 Å². The number of aryl methyl sites for hydroxylation is 1. The van der Waals surface area contributed by atoms with E-state index in [0.717, 1.165) is 17.0 Å². The van der Waals surface area contributed by atoms with Crippen molar-refractivity contribution in [2.24, 2.45) is 0 Å². The van der Waals surface area contributed by atoms with Gasteiger partial charge in [-0.15, -0.1) is 0 Å². The first-order valence-corrected chi connectivity index (χ1v) is 9.58. The van der Waals surface area contributed by atoms with Crippen LogP contribution in [0.4, 0.5) is 10.1 Å². The van der Waals surface area contributed by atoms with E-state index in [-0.39, 0.29) is 0 Å². The summed E-state index contributed by atoms with van der Waals surface area (Å²) in [5.41, 5.74) is 5.75. The summed E-state index contributed by atoms with van der Waals surface area (Å²) < 4.78 is 15.2. The molecule has 1 aromatic carbocycles. The summed E-state index contributed by atoms with van der Waals surface area (Å²) in [7, 11) is 0. The van der Waals surface area contributed by atoms with E-state index in [1.54, 1.807) is 0 Å². The summed E-state index contributed by atoms with van der Waals surface area (Å²) in [4.78, 5) is 0. The van der Waals surface area contributed by atoms with Gasteiger partial charge in [-0.05, 0) is 62.6 Å². The molecule has 0 atom stereocenters. The van der Waals surface area contributed by atoms with Gasteiger partial charge in [0.25, 0.3) is 0 Å². The smallest absolute Gasteiger partial charge is 0.116 e. The number of anilines is 1. The SMILES string of the molecule is C=C(F)/C=C(\C)Cc1cccn1-c1ccc(C)c(NC2CCCCC2)c1. The highest BCUT2D eigenvalue weighted by Crippen LogP contribution is 2.26. The highest BCUT2D eigenvalue weighted by atomic mass is 19.1. The van der Waals surface area contributed by atoms with Crippen molar-refractivity contribution in [2.45, 2.75) is 58.4 Å². The van der Waals surface area contributed by atoms with E-state index >= 15 is 0 Å². The first-order valence-electron chi connectivity index (χ1n) is 9.58. The van der Waals surface area contributed by atoms with Crippen LogP contribution in [0.2, 0.25) is 0 Å². The second kappa shape index (κ2) is 8.39. The molecule has 2 nitrogen and oxygen atoms in total. The molecule has 0 amide bonds. The number of nitrogens with one attached hydrogen (secondary N) is 1. The molecule has 1 fully saturated rings. The molecule has 1 heterocycles. The molecule has 1 saturated carbocycles. The van der Waals surface area contributed by atoms with Gasteiger partial charge < -0.3 is 9.88 Å². The van der Waals surface area contributed by atoms with Gasteiger partial charge in [-0.2, -0.15) is 0 Å². The number of rotatable bonds is 6. The van der Waals surface area contributed by atoms with Crippen LogP contribution < -0.4 is 5.32 Å². The minimum Gasteiger partial charge on any atom is -0.382 e. The normalized spacial score (nSPS) is 15.9. The first kappa shape index (κ1) is 18.5. The van der Waals surface area contributed by atoms with E-state index in [0.29, 0.717) is 12.5 Å². The number of aromatic nitrogens is 1. The Morgan fingerprint density at radius 1 is 1.27 bits per heavy atom. The van der Waals surface area contributed by atoms with Crippen LogP contribution in [-0.2, 0) is 6.42 Å². The Bertz CT molecular complexity index is 794. The zero-order chi connectivity index (χ0) is 18.5. The Balaban J connectivity index is 1.82. The average Bonchev–Trinajstić information content (AvgIpc) is 3.05. The van der Waals surface area contributed by atoms with Gasteiger partial charge in [-0.3, -0.25) is 0 Å². The van der Waals surface area contributed by atoms with Gasteiger partial charge >= 0.3 is 0 Å². The van der Waals surface area contributed by atoms with Crippen molar-refractivity contribution < 1.29 is 4.39 Å². The number of nitrogens with zero attached hydrogens (tertiary/aromatic N) is 1. The van der Waals surface area contributed by atoms with E-state index < -0.39 is 5.83 Å². The molecule has 0 saturated heterocycles. The van der Waals surface area contributed by atoms with Crippen LogP contribution in [-0.4, -0.2) is 10.6 Å². The quantitative estimate of drug-likeness (QED) is 0.587. The lowest BCUT2D eigenvalue weighted by Gasteiger charge is -2.25. The fourth-order valence-electron chi connectivity index (χ4n) is 3.80. The molecule has 1 aliphatic carbocycles. The molecule has 1 aliphatic rings. The van der Waals surface area contributed by atoms with Crippen molar-refractivity contribution in [3.63, 3.8) is 0 Å². The first-order chi connectivity index (χ1) is 12.5. The molecule has 1 N–H and O–H groups in total. The molecule has 0 spiro atoms. The molecule has 0 unspecified atom stereocenters. The number of hydrogen-bond acceptors (Lipinski definition) is 1. The van der Waals surface area contributed by atoms with Crippen LogP contribution in [0.25, 0.3) is 5.69 Å². The third-order valence-corrected chi connectivity index (χ3v) is 5.16. The highest BCUT2D eigenvalue weighted by Gasteiger charge is 2.14. The van der Waals surface area contributed by atoms with E-state index in [4.69, 9.17) is 0 Å². The Morgan fingerprint density at radius 2 is 2.04 bits per heavy atom. The predicted octanol–water partition coefficient (Wildman–Crippen LogP) is 6.50. The summed E-state index contributed by atoms with van der Waals surface area (Å²) in [6, 6.07) is 11.3. The maximum absolute atomic E-state index is 13.0. The van der Waals surface area contributed by atoms with Crippen LogP contribution >= 0.6 is 0 Å². The Morgan fingerprint density at radius 3 is 2.77 bits per heavy atom. The fraction of sp³-hybridized carbons (Fsp3) is 0.391. The lowest BCUT2D eigenvalue weighted by atomic mass is 9.95. The van der Waals surface area contributed by atoms with Gasteiger partial charge in [-0.25, -0.2) is 4.39 Å². The second-order valence-electron chi connectivity index (χ2n) is 7.46. The van der Waals surface area contributed by atoms with Crippen LogP contribution in [0.5, 0.6) is 0 Å². The summed E-state index contributed by atoms with van der Waals surface area (Å²) in [6.07, 6.45) is 10.8. The van der Waals surface area contributed by atoms with Crippen molar-refractivity contribution in [1.29, 1.82) is 0 Å². The van der Waals surface area contributed by atoms with Gasteiger partial charge in [0, 0.05) is 35.7 Å². The topological polar surface area (TPSA) is 17.0 Å². The molecule has 0 bridgehead atoms. The molecule has 138 valence electrons. The highest BCUT2D eigenvalue weighted by molar-refractivity contribution is 5.58. The Hall–Kier alpha value is -2.29. The number of allylic oxidation sites excluding steroid dienone is 3. The van der Waals surface area contributed by atoms with Crippen molar-refractivity contribution in [2.75, 3.05) is 5.32 Å². The minimum atomic E-state index is -0.394. The maximum Gasteiger partial charge on any atom is 0.116 e. The third-order valence-electron chi connectivity index (χ3n) is 5.16. The molecule has 0 radical (unpaired) electrons. The molecular weight excluding hydrogens is 323 g/mol. The summed E-state index contributed by atoms with van der Waals surface area (Å²) in [5.74, 6) is -0.394. The summed E-state index contributed by atoms with van der Waals surface area (Å²) in [6.45, 7) is 7.42. The van der Waals surface area contributed by atoms with E-state index in [1.807, 2.05) is 13.0 Å². The van der Waals surface area contributed by atoms with Crippen molar-refractivity contribution >= 4 is 5.69 Å². The largest absolute Gasteiger partial charge is 0.382 e. The standard InChI is InChI=1S/C23H29FN2/c1-17(14-19(3)24)15-21-10-7-13-26(21)22-12-11-18(2)23(16-22)25-20-8-5-4-6-9-20/h7,10-14,16,20,25H,3-6,8-9,15H2,1-2H3/b17-14+. The van der Waals surface area contributed by atoms with E-state index in [2.05, 4.69) is 53.8 Å². The van der Waals surface area contributed by atoms with Gasteiger partial charge in [0.2, 0.25) is 0 Å². The van der Waals surface area contributed by atoms with Crippen molar-refractivity contribution in [3.05, 3.63) is 71.8 Å². The van der Waals surface area contributed by atoms with E-state index in [1.165, 1.54) is 49.4 Å². The van der Waals surface area contributed by atoms with E-state index in [9.17, 15) is 4.39 Å². The van der Waals surface area contributed by atoms with Crippen LogP contribution in [0, 0.1) is 6.92 Å². The molecular formula is C23H29FN2.